The van der Waals surface area contributed by atoms with E-state index in [1.54, 1.807) is 0 Å². The molecule has 6 nitrogen and oxygen atoms in total. The molecule has 0 rings (SSSR count). The Hall–Kier alpha value is -2.11. The van der Waals surface area contributed by atoms with Crippen LogP contribution in [0.5, 0.6) is 0 Å². The van der Waals surface area contributed by atoms with Gasteiger partial charge in [0.15, 0.2) is 6.73 Å². The fourth-order valence-electron chi connectivity index (χ4n) is 0.675. The summed E-state index contributed by atoms with van der Waals surface area (Å²) in [6.45, 7) is 7.78. The molecule has 0 spiro atoms. The molecule has 0 aliphatic carbocycles. The summed E-state index contributed by atoms with van der Waals surface area (Å²) < 4.78 is 4.55. The SMILES string of the molecule is C=C(C)C(=O)NCOC(=O)C(=C)CC(=O)O. The van der Waals surface area contributed by atoms with Gasteiger partial charge in [0.1, 0.15) is 0 Å². The molecule has 2 N–H and O–H groups in total. The molecule has 0 atom stereocenters. The fourth-order valence-corrected chi connectivity index (χ4v) is 0.675. The molecule has 0 heterocycles. The largest absolute Gasteiger partial charge is 0.481 e. The van der Waals surface area contributed by atoms with E-state index in [1.807, 2.05) is 0 Å². The van der Waals surface area contributed by atoms with Crippen molar-refractivity contribution in [2.24, 2.45) is 0 Å². The van der Waals surface area contributed by atoms with Gasteiger partial charge < -0.3 is 15.2 Å². The molecule has 88 valence electrons. The lowest BCUT2D eigenvalue weighted by molar-refractivity contribution is -0.144. The summed E-state index contributed by atoms with van der Waals surface area (Å²) in [5.74, 6) is -2.48. The highest BCUT2D eigenvalue weighted by Crippen LogP contribution is 2.00. The number of rotatable bonds is 6. The molecule has 16 heavy (non-hydrogen) atoms. The van der Waals surface area contributed by atoms with Gasteiger partial charge in [-0.3, -0.25) is 9.59 Å². The van der Waals surface area contributed by atoms with Gasteiger partial charge in [-0.25, -0.2) is 4.79 Å². The maximum absolute atomic E-state index is 11.1. The lowest BCUT2D eigenvalue weighted by Crippen LogP contribution is -2.28. The molecular weight excluding hydrogens is 214 g/mol. The lowest BCUT2D eigenvalue weighted by atomic mass is 10.2. The number of esters is 1. The lowest BCUT2D eigenvalue weighted by Gasteiger charge is -2.06. The van der Waals surface area contributed by atoms with Gasteiger partial charge in [0.25, 0.3) is 0 Å². The van der Waals surface area contributed by atoms with Crippen LogP contribution in [0.4, 0.5) is 0 Å². The quantitative estimate of drug-likeness (QED) is 0.384. The standard InChI is InChI=1S/C10H13NO5/c1-6(2)9(14)11-5-16-10(15)7(3)4-8(12)13/h1,3-5H2,2H3,(H,11,14)(H,12,13). The second-order valence-electron chi connectivity index (χ2n) is 3.04. The Morgan fingerprint density at radius 1 is 1.31 bits per heavy atom. The summed E-state index contributed by atoms with van der Waals surface area (Å²) in [6, 6.07) is 0. The van der Waals surface area contributed by atoms with Crippen LogP contribution in [0.3, 0.4) is 0 Å². The number of hydrogen-bond donors (Lipinski definition) is 2. The second-order valence-corrected chi connectivity index (χ2v) is 3.04. The van der Waals surface area contributed by atoms with Gasteiger partial charge in [-0.15, -0.1) is 0 Å². The number of carboxylic acids is 1. The van der Waals surface area contributed by atoms with Gasteiger partial charge >= 0.3 is 11.9 Å². The van der Waals surface area contributed by atoms with Crippen molar-refractivity contribution in [1.82, 2.24) is 5.32 Å². The normalized spacial score (nSPS) is 9.06. The predicted octanol–water partition coefficient (Wildman–Crippen LogP) is 0.210. The summed E-state index contributed by atoms with van der Waals surface area (Å²) in [6.07, 6.45) is -0.493. The van der Waals surface area contributed by atoms with Crippen molar-refractivity contribution in [3.05, 3.63) is 24.3 Å². The van der Waals surface area contributed by atoms with Gasteiger partial charge in [0, 0.05) is 11.1 Å². The Kier molecular flexibility index (Phi) is 5.55. The van der Waals surface area contributed by atoms with E-state index >= 15 is 0 Å². The smallest absolute Gasteiger partial charge is 0.335 e. The number of carbonyl (C=O) groups excluding carboxylic acids is 2. The van der Waals surface area contributed by atoms with Gasteiger partial charge in [0.05, 0.1) is 6.42 Å². The zero-order chi connectivity index (χ0) is 12.7. The summed E-state index contributed by atoms with van der Waals surface area (Å²) in [4.78, 5) is 32.3. The van der Waals surface area contributed by atoms with Crippen LogP contribution < -0.4 is 5.32 Å². The first-order valence-electron chi connectivity index (χ1n) is 4.35. The van der Waals surface area contributed by atoms with Crippen molar-refractivity contribution in [2.45, 2.75) is 13.3 Å². The molecule has 0 saturated carbocycles. The minimum Gasteiger partial charge on any atom is -0.481 e. The summed E-state index contributed by atoms with van der Waals surface area (Å²) in [5, 5.41) is 10.6. The molecular formula is C10H13NO5. The minimum absolute atomic E-state index is 0.183. The van der Waals surface area contributed by atoms with Crippen LogP contribution in [-0.4, -0.2) is 29.7 Å². The van der Waals surface area contributed by atoms with Crippen molar-refractivity contribution in [1.29, 1.82) is 0 Å². The van der Waals surface area contributed by atoms with Crippen LogP contribution in [0.1, 0.15) is 13.3 Å². The highest BCUT2D eigenvalue weighted by atomic mass is 16.5. The van der Waals surface area contributed by atoms with E-state index in [9.17, 15) is 14.4 Å². The van der Waals surface area contributed by atoms with E-state index in [0.717, 1.165) is 0 Å². The average molecular weight is 227 g/mol. The number of nitrogens with one attached hydrogen (secondary N) is 1. The van der Waals surface area contributed by atoms with E-state index < -0.39 is 24.3 Å². The molecule has 1 amide bonds. The van der Waals surface area contributed by atoms with Crippen molar-refractivity contribution in [3.63, 3.8) is 0 Å². The fraction of sp³-hybridized carbons (Fsp3) is 0.300. The van der Waals surface area contributed by atoms with E-state index in [4.69, 9.17) is 5.11 Å². The van der Waals surface area contributed by atoms with E-state index in [0.29, 0.717) is 0 Å². The number of carbonyl (C=O) groups is 3. The maximum Gasteiger partial charge on any atom is 0.335 e. The molecule has 0 aromatic heterocycles. The highest BCUT2D eigenvalue weighted by Gasteiger charge is 2.12. The number of amides is 1. The topological polar surface area (TPSA) is 92.7 Å². The van der Waals surface area contributed by atoms with Crippen molar-refractivity contribution < 1.29 is 24.2 Å². The molecule has 0 fully saturated rings. The Labute approximate surface area is 92.6 Å². The number of aliphatic carboxylic acids is 1. The zero-order valence-electron chi connectivity index (χ0n) is 8.91. The zero-order valence-corrected chi connectivity index (χ0v) is 8.91. The van der Waals surface area contributed by atoms with Crippen LogP contribution >= 0.6 is 0 Å². The molecule has 0 aromatic carbocycles. The van der Waals surface area contributed by atoms with Crippen LogP contribution in [0.15, 0.2) is 24.3 Å². The average Bonchev–Trinajstić information content (AvgIpc) is 2.15. The summed E-state index contributed by atoms with van der Waals surface area (Å²) in [7, 11) is 0. The second kappa shape index (κ2) is 6.39. The van der Waals surface area contributed by atoms with Crippen LogP contribution in [0, 0.1) is 0 Å². The highest BCUT2D eigenvalue weighted by molar-refractivity contribution is 5.94. The third kappa shape index (κ3) is 5.58. The van der Waals surface area contributed by atoms with Gasteiger partial charge in [-0.05, 0) is 6.92 Å². The molecule has 0 bridgehead atoms. The molecule has 0 aromatic rings. The third-order valence-corrected chi connectivity index (χ3v) is 1.48. The summed E-state index contributed by atoms with van der Waals surface area (Å²) >= 11 is 0. The Balaban J connectivity index is 3.90. The predicted molar refractivity (Wildman–Crippen MR) is 55.3 cm³/mol. The van der Waals surface area contributed by atoms with Crippen LogP contribution in [0.2, 0.25) is 0 Å². The monoisotopic (exact) mass is 227 g/mol. The first-order chi connectivity index (χ1) is 7.34. The number of carboxylic acid groups (broad SMARTS) is 1. The summed E-state index contributed by atoms with van der Waals surface area (Å²) in [5.41, 5.74) is 0.0949. The molecule has 0 saturated heterocycles. The Morgan fingerprint density at radius 3 is 2.31 bits per heavy atom. The van der Waals surface area contributed by atoms with Crippen molar-refractivity contribution in [3.8, 4) is 0 Å². The first-order valence-corrected chi connectivity index (χ1v) is 4.35. The molecule has 0 aliphatic rings. The molecule has 0 radical (unpaired) electrons. The van der Waals surface area contributed by atoms with Gasteiger partial charge in [0.2, 0.25) is 5.91 Å². The first kappa shape index (κ1) is 13.9. The van der Waals surface area contributed by atoms with Gasteiger partial charge in [-0.1, -0.05) is 13.2 Å². The van der Waals surface area contributed by atoms with Crippen LogP contribution in [0.25, 0.3) is 0 Å². The number of ether oxygens (including phenoxy) is 1. The van der Waals surface area contributed by atoms with E-state index in [-0.39, 0.29) is 17.9 Å². The Bertz CT molecular complexity index is 345. The maximum atomic E-state index is 11.1. The van der Waals surface area contributed by atoms with Crippen molar-refractivity contribution in [2.75, 3.05) is 6.73 Å². The minimum atomic E-state index is -1.17. The van der Waals surface area contributed by atoms with Crippen molar-refractivity contribution >= 4 is 17.8 Å². The van der Waals surface area contributed by atoms with E-state index in [2.05, 4.69) is 23.2 Å². The van der Waals surface area contributed by atoms with Gasteiger partial charge in [-0.2, -0.15) is 0 Å². The van der Waals surface area contributed by atoms with Crippen LogP contribution in [-0.2, 0) is 19.1 Å². The molecule has 6 heteroatoms. The Morgan fingerprint density at radius 2 is 1.88 bits per heavy atom. The number of hydrogen-bond acceptors (Lipinski definition) is 4. The molecule has 0 unspecified atom stereocenters. The van der Waals surface area contributed by atoms with E-state index in [1.165, 1.54) is 6.92 Å². The molecule has 0 aliphatic heterocycles. The third-order valence-electron chi connectivity index (χ3n) is 1.48.